The number of rotatable bonds is 2. The largest absolute Gasteiger partial charge is 0.303 e. The van der Waals surface area contributed by atoms with E-state index in [1.807, 2.05) is 48.0 Å². The molecule has 2 aromatic rings. The van der Waals surface area contributed by atoms with E-state index < -0.39 is 0 Å². The summed E-state index contributed by atoms with van der Waals surface area (Å²) >= 11 is 6.02. The summed E-state index contributed by atoms with van der Waals surface area (Å²) in [6.45, 7) is 1.92. The summed E-state index contributed by atoms with van der Waals surface area (Å²) in [7, 11) is 0. The smallest absolute Gasteiger partial charge is 0.131 e. The molecule has 0 bridgehead atoms. The van der Waals surface area contributed by atoms with E-state index in [9.17, 15) is 0 Å². The van der Waals surface area contributed by atoms with Crippen molar-refractivity contribution in [2.45, 2.75) is 12.3 Å². The van der Waals surface area contributed by atoms with Crippen molar-refractivity contribution in [2.24, 2.45) is 0 Å². The summed E-state index contributed by atoms with van der Waals surface area (Å²) in [5.74, 6) is 0.873. The van der Waals surface area contributed by atoms with E-state index in [4.69, 9.17) is 11.6 Å². The van der Waals surface area contributed by atoms with Crippen LogP contribution in [0.4, 0.5) is 0 Å². The highest BCUT2D eigenvalue weighted by Crippen LogP contribution is 2.20. The molecule has 0 saturated carbocycles. The molecule has 0 fully saturated rings. The number of aromatic nitrogens is 2. The SMILES string of the molecule is CC(Cl)c1nccn1-c1ccccc1.Cl. The summed E-state index contributed by atoms with van der Waals surface area (Å²) in [4.78, 5) is 4.22. The van der Waals surface area contributed by atoms with Gasteiger partial charge in [-0.2, -0.15) is 0 Å². The van der Waals surface area contributed by atoms with Crippen molar-refractivity contribution in [1.82, 2.24) is 9.55 Å². The summed E-state index contributed by atoms with van der Waals surface area (Å²) in [6.07, 6.45) is 3.69. The van der Waals surface area contributed by atoms with E-state index in [1.165, 1.54) is 0 Å². The number of hydrogen-bond donors (Lipinski definition) is 0. The lowest BCUT2D eigenvalue weighted by Crippen LogP contribution is -2.00. The highest BCUT2D eigenvalue weighted by atomic mass is 35.5. The average Bonchev–Trinajstić information content (AvgIpc) is 2.67. The van der Waals surface area contributed by atoms with Gasteiger partial charge in [-0.25, -0.2) is 4.98 Å². The van der Waals surface area contributed by atoms with Crippen LogP contribution in [0.1, 0.15) is 18.1 Å². The first-order valence-electron chi connectivity index (χ1n) is 4.52. The maximum absolute atomic E-state index is 6.02. The Bertz CT molecular complexity index is 410. The zero-order chi connectivity index (χ0) is 9.97. The Morgan fingerprint density at radius 2 is 1.93 bits per heavy atom. The van der Waals surface area contributed by atoms with Gasteiger partial charge in [0.15, 0.2) is 0 Å². The molecule has 1 aromatic carbocycles. The molecule has 0 spiro atoms. The Morgan fingerprint density at radius 1 is 1.27 bits per heavy atom. The second-order valence-corrected chi connectivity index (χ2v) is 3.76. The predicted molar refractivity (Wildman–Crippen MR) is 65.1 cm³/mol. The first kappa shape index (κ1) is 12.1. The molecule has 2 nitrogen and oxygen atoms in total. The first-order chi connectivity index (χ1) is 6.79. The van der Waals surface area contributed by atoms with Crippen LogP contribution >= 0.6 is 24.0 Å². The van der Waals surface area contributed by atoms with Gasteiger partial charge in [-0.15, -0.1) is 24.0 Å². The minimum Gasteiger partial charge on any atom is -0.303 e. The van der Waals surface area contributed by atoms with Crippen LogP contribution in [-0.2, 0) is 0 Å². The Hall–Kier alpha value is -0.990. The second-order valence-electron chi connectivity index (χ2n) is 3.11. The van der Waals surface area contributed by atoms with Crippen molar-refractivity contribution >= 4 is 24.0 Å². The molecule has 0 aliphatic rings. The number of benzene rings is 1. The van der Waals surface area contributed by atoms with Crippen LogP contribution in [-0.4, -0.2) is 9.55 Å². The fraction of sp³-hybridized carbons (Fsp3) is 0.182. The number of imidazole rings is 1. The van der Waals surface area contributed by atoms with Crippen molar-refractivity contribution < 1.29 is 0 Å². The molecule has 0 saturated heterocycles. The third kappa shape index (κ3) is 2.52. The topological polar surface area (TPSA) is 17.8 Å². The maximum atomic E-state index is 6.02. The van der Waals surface area contributed by atoms with E-state index in [0.29, 0.717) is 0 Å². The van der Waals surface area contributed by atoms with Crippen molar-refractivity contribution in [3.8, 4) is 5.69 Å². The number of halogens is 2. The van der Waals surface area contributed by atoms with E-state index in [-0.39, 0.29) is 17.8 Å². The molecule has 0 amide bonds. The molecule has 2 rings (SSSR count). The highest BCUT2D eigenvalue weighted by molar-refractivity contribution is 6.20. The van der Waals surface area contributed by atoms with Gasteiger partial charge in [0.2, 0.25) is 0 Å². The van der Waals surface area contributed by atoms with Gasteiger partial charge >= 0.3 is 0 Å². The quantitative estimate of drug-likeness (QED) is 0.737. The first-order valence-corrected chi connectivity index (χ1v) is 4.95. The number of alkyl halides is 1. The van der Waals surface area contributed by atoms with E-state index in [0.717, 1.165) is 11.5 Å². The van der Waals surface area contributed by atoms with E-state index >= 15 is 0 Å². The molecule has 1 unspecified atom stereocenters. The second kappa shape index (κ2) is 5.19. The van der Waals surface area contributed by atoms with Crippen LogP contribution < -0.4 is 0 Å². The summed E-state index contributed by atoms with van der Waals surface area (Å²) in [5.41, 5.74) is 1.09. The molecule has 1 heterocycles. The minimum atomic E-state index is -0.0785. The predicted octanol–water partition coefficient (Wildman–Crippen LogP) is 3.59. The Kier molecular flexibility index (Phi) is 4.18. The van der Waals surface area contributed by atoms with Crippen LogP contribution in [0.3, 0.4) is 0 Å². The molecular formula is C11H12Cl2N2. The summed E-state index contributed by atoms with van der Waals surface area (Å²) in [6, 6.07) is 10.1. The number of hydrogen-bond acceptors (Lipinski definition) is 1. The van der Waals surface area contributed by atoms with Crippen LogP contribution in [0, 0.1) is 0 Å². The minimum absolute atomic E-state index is 0. The third-order valence-corrected chi connectivity index (χ3v) is 2.25. The van der Waals surface area contributed by atoms with Gasteiger partial charge in [-0.05, 0) is 19.1 Å². The monoisotopic (exact) mass is 242 g/mol. The van der Waals surface area contributed by atoms with Crippen molar-refractivity contribution in [2.75, 3.05) is 0 Å². The molecule has 0 radical (unpaired) electrons. The van der Waals surface area contributed by atoms with Gasteiger partial charge in [0.1, 0.15) is 5.82 Å². The average molecular weight is 243 g/mol. The fourth-order valence-corrected chi connectivity index (χ4v) is 1.58. The molecule has 0 aliphatic carbocycles. The summed E-state index contributed by atoms with van der Waals surface area (Å²) < 4.78 is 2.00. The van der Waals surface area contributed by atoms with E-state index in [1.54, 1.807) is 6.20 Å². The zero-order valence-corrected chi connectivity index (χ0v) is 9.87. The third-order valence-electron chi connectivity index (χ3n) is 2.06. The highest BCUT2D eigenvalue weighted by Gasteiger charge is 2.09. The molecule has 1 atom stereocenters. The molecule has 15 heavy (non-hydrogen) atoms. The van der Waals surface area contributed by atoms with E-state index in [2.05, 4.69) is 4.98 Å². The molecule has 1 aromatic heterocycles. The Labute approximate surface area is 100 Å². The van der Waals surface area contributed by atoms with Crippen LogP contribution in [0.5, 0.6) is 0 Å². The number of nitrogens with zero attached hydrogens (tertiary/aromatic N) is 2. The van der Waals surface area contributed by atoms with Crippen molar-refractivity contribution in [3.63, 3.8) is 0 Å². The Morgan fingerprint density at radius 3 is 2.53 bits per heavy atom. The van der Waals surface area contributed by atoms with Crippen LogP contribution in [0.25, 0.3) is 5.69 Å². The lowest BCUT2D eigenvalue weighted by atomic mass is 10.3. The van der Waals surface area contributed by atoms with Crippen LogP contribution in [0.15, 0.2) is 42.7 Å². The van der Waals surface area contributed by atoms with Crippen molar-refractivity contribution in [1.29, 1.82) is 0 Å². The molecule has 0 aliphatic heterocycles. The lowest BCUT2D eigenvalue weighted by molar-refractivity contribution is 0.867. The fourth-order valence-electron chi connectivity index (χ4n) is 1.42. The van der Waals surface area contributed by atoms with Gasteiger partial charge in [-0.1, -0.05) is 18.2 Å². The standard InChI is InChI=1S/C11H11ClN2.ClH/c1-9(12)11-13-7-8-14(11)10-5-3-2-4-6-10;/h2-9H,1H3;1H. The zero-order valence-electron chi connectivity index (χ0n) is 8.30. The summed E-state index contributed by atoms with van der Waals surface area (Å²) in [5, 5.41) is -0.0785. The number of para-hydroxylation sites is 1. The lowest BCUT2D eigenvalue weighted by Gasteiger charge is -2.08. The van der Waals surface area contributed by atoms with Crippen LogP contribution in [0.2, 0.25) is 0 Å². The van der Waals surface area contributed by atoms with Gasteiger partial charge in [0.05, 0.1) is 5.38 Å². The van der Waals surface area contributed by atoms with Gasteiger partial charge in [0, 0.05) is 18.1 Å². The van der Waals surface area contributed by atoms with Gasteiger partial charge in [0.25, 0.3) is 0 Å². The molecule has 80 valence electrons. The Balaban J connectivity index is 0.00000112. The van der Waals surface area contributed by atoms with Gasteiger partial charge in [-0.3, -0.25) is 0 Å². The van der Waals surface area contributed by atoms with Crippen molar-refractivity contribution in [3.05, 3.63) is 48.5 Å². The normalized spacial score (nSPS) is 11.9. The molecule has 0 N–H and O–H groups in total. The molecular weight excluding hydrogens is 231 g/mol. The molecule has 4 heteroatoms. The maximum Gasteiger partial charge on any atom is 0.131 e. The van der Waals surface area contributed by atoms with Gasteiger partial charge < -0.3 is 4.57 Å².